The van der Waals surface area contributed by atoms with Crippen molar-refractivity contribution in [2.75, 3.05) is 0 Å². The molecule has 0 fully saturated rings. The van der Waals surface area contributed by atoms with Crippen LogP contribution in [0.4, 0.5) is 0 Å². The molecular weight excluding hydrogens is 324 g/mol. The van der Waals surface area contributed by atoms with E-state index in [4.69, 9.17) is 11.5 Å². The molecular formula is C22H28N2O2. The van der Waals surface area contributed by atoms with Gasteiger partial charge in [-0.15, -0.1) is 0 Å². The minimum Gasteiger partial charge on any atom is -0.366 e. The van der Waals surface area contributed by atoms with Crippen LogP contribution in [-0.4, -0.2) is 11.8 Å². The van der Waals surface area contributed by atoms with Crippen molar-refractivity contribution in [2.24, 2.45) is 11.5 Å². The zero-order chi connectivity index (χ0) is 18.5. The van der Waals surface area contributed by atoms with E-state index in [0.717, 1.165) is 43.1 Å². The summed E-state index contributed by atoms with van der Waals surface area (Å²) < 4.78 is 0. The maximum atomic E-state index is 12.4. The van der Waals surface area contributed by atoms with Crippen LogP contribution in [0.15, 0.2) is 24.3 Å². The molecule has 0 saturated heterocycles. The van der Waals surface area contributed by atoms with Crippen molar-refractivity contribution in [1.29, 1.82) is 0 Å². The number of nitrogens with two attached hydrogens (primary N) is 2. The second kappa shape index (κ2) is 8.35. The number of amides is 2. The second-order valence-corrected chi connectivity index (χ2v) is 7.35. The fourth-order valence-electron chi connectivity index (χ4n) is 4.22. The lowest BCUT2D eigenvalue weighted by atomic mass is 9.86. The van der Waals surface area contributed by atoms with Crippen molar-refractivity contribution in [1.82, 2.24) is 0 Å². The number of aryl methyl sites for hydroxylation is 1. The fraction of sp³-hybridized carbons (Fsp3) is 0.455. The van der Waals surface area contributed by atoms with E-state index in [0.29, 0.717) is 16.5 Å². The van der Waals surface area contributed by atoms with Gasteiger partial charge in [0.25, 0.3) is 0 Å². The van der Waals surface area contributed by atoms with E-state index in [-0.39, 0.29) is 0 Å². The SMILES string of the molecule is NC(=O)c1cccc2cc3c(c(C(N)=O)c12)CCCCCCCCCC3. The third-order valence-corrected chi connectivity index (χ3v) is 5.50. The molecule has 2 amide bonds. The predicted octanol–water partition coefficient (Wildman–Crippen LogP) is 4.26. The zero-order valence-electron chi connectivity index (χ0n) is 15.4. The Kier molecular flexibility index (Phi) is 5.92. The van der Waals surface area contributed by atoms with Crippen molar-refractivity contribution in [3.63, 3.8) is 0 Å². The third kappa shape index (κ3) is 3.90. The summed E-state index contributed by atoms with van der Waals surface area (Å²) in [5, 5.41) is 1.50. The Hall–Kier alpha value is -2.36. The molecule has 0 atom stereocenters. The maximum absolute atomic E-state index is 12.4. The zero-order valence-corrected chi connectivity index (χ0v) is 15.4. The maximum Gasteiger partial charge on any atom is 0.249 e. The van der Waals surface area contributed by atoms with Crippen LogP contribution < -0.4 is 11.5 Å². The van der Waals surface area contributed by atoms with E-state index in [1.807, 2.05) is 12.1 Å². The molecule has 138 valence electrons. The number of carbonyl (C=O) groups excluding carboxylic acids is 2. The molecule has 0 aromatic heterocycles. The Labute approximate surface area is 154 Å². The highest BCUT2D eigenvalue weighted by molar-refractivity contribution is 6.16. The van der Waals surface area contributed by atoms with Gasteiger partial charge in [0, 0.05) is 10.9 Å². The van der Waals surface area contributed by atoms with Gasteiger partial charge in [-0.1, -0.05) is 56.7 Å². The lowest BCUT2D eigenvalue weighted by molar-refractivity contribution is 0.0998. The van der Waals surface area contributed by atoms with Crippen LogP contribution in [-0.2, 0) is 12.8 Å². The van der Waals surface area contributed by atoms with Gasteiger partial charge in [-0.2, -0.15) is 0 Å². The average Bonchev–Trinajstić information content (AvgIpc) is 2.60. The molecule has 0 saturated carbocycles. The number of primary amides is 2. The molecule has 2 aromatic carbocycles. The predicted molar refractivity (Wildman–Crippen MR) is 105 cm³/mol. The van der Waals surface area contributed by atoms with E-state index in [1.54, 1.807) is 6.07 Å². The summed E-state index contributed by atoms with van der Waals surface area (Å²) in [6.45, 7) is 0. The molecule has 2 aromatic rings. The monoisotopic (exact) mass is 352 g/mol. The van der Waals surface area contributed by atoms with Crippen LogP contribution in [0.5, 0.6) is 0 Å². The van der Waals surface area contributed by atoms with Gasteiger partial charge in [-0.05, 0) is 48.3 Å². The van der Waals surface area contributed by atoms with Crippen LogP contribution in [0.25, 0.3) is 10.8 Å². The summed E-state index contributed by atoms with van der Waals surface area (Å²) in [5.41, 5.74) is 14.5. The van der Waals surface area contributed by atoms with Crippen molar-refractivity contribution in [2.45, 2.75) is 64.2 Å². The van der Waals surface area contributed by atoms with Gasteiger partial charge < -0.3 is 11.5 Å². The summed E-state index contributed by atoms with van der Waals surface area (Å²) >= 11 is 0. The van der Waals surface area contributed by atoms with Gasteiger partial charge in [-0.3, -0.25) is 9.59 Å². The first-order valence-electron chi connectivity index (χ1n) is 9.76. The van der Waals surface area contributed by atoms with Gasteiger partial charge in [0.05, 0.1) is 5.56 Å². The molecule has 1 aliphatic rings. The van der Waals surface area contributed by atoms with Crippen LogP contribution in [0.1, 0.15) is 83.2 Å². The molecule has 0 bridgehead atoms. The molecule has 4 heteroatoms. The van der Waals surface area contributed by atoms with Crippen LogP contribution in [0.2, 0.25) is 0 Å². The number of hydrogen-bond donors (Lipinski definition) is 2. The summed E-state index contributed by atoms with van der Waals surface area (Å²) in [6, 6.07) is 7.56. The standard InChI is InChI=1S/C22H28N2O2/c23-21(25)18-13-9-11-16-14-15-10-7-5-3-1-2-4-6-8-12-17(15)20(19(16)18)22(24)26/h9,11,13-14H,1-8,10,12H2,(H2,23,25)(H2,24,26). The van der Waals surface area contributed by atoms with E-state index in [2.05, 4.69) is 6.07 Å². The molecule has 26 heavy (non-hydrogen) atoms. The quantitative estimate of drug-likeness (QED) is 0.846. The van der Waals surface area contributed by atoms with Crippen molar-refractivity contribution < 1.29 is 9.59 Å². The Morgan fingerprint density at radius 3 is 2.00 bits per heavy atom. The minimum atomic E-state index is -0.522. The van der Waals surface area contributed by atoms with Gasteiger partial charge >= 0.3 is 0 Å². The first-order chi connectivity index (χ1) is 12.6. The van der Waals surface area contributed by atoms with Gasteiger partial charge in [-0.25, -0.2) is 0 Å². The van der Waals surface area contributed by atoms with Gasteiger partial charge in [0.15, 0.2) is 0 Å². The molecule has 0 radical (unpaired) electrons. The van der Waals surface area contributed by atoms with E-state index in [1.165, 1.54) is 37.7 Å². The van der Waals surface area contributed by atoms with Crippen LogP contribution in [0.3, 0.4) is 0 Å². The first kappa shape index (κ1) is 18.4. The highest BCUT2D eigenvalue weighted by Crippen LogP contribution is 2.31. The third-order valence-electron chi connectivity index (χ3n) is 5.50. The highest BCUT2D eigenvalue weighted by Gasteiger charge is 2.21. The number of fused-ring (bicyclic) bond motifs is 2. The Morgan fingerprint density at radius 1 is 0.769 bits per heavy atom. The van der Waals surface area contributed by atoms with Gasteiger partial charge in [0.1, 0.15) is 0 Å². The number of carbonyl (C=O) groups is 2. The molecule has 0 spiro atoms. The largest absolute Gasteiger partial charge is 0.366 e. The molecule has 4 N–H and O–H groups in total. The summed E-state index contributed by atoms with van der Waals surface area (Å²) in [5.74, 6) is -0.987. The molecule has 3 rings (SSSR count). The van der Waals surface area contributed by atoms with E-state index < -0.39 is 11.8 Å². The van der Waals surface area contributed by atoms with Crippen molar-refractivity contribution >= 4 is 22.6 Å². The molecule has 0 aliphatic heterocycles. The fourth-order valence-corrected chi connectivity index (χ4v) is 4.22. The van der Waals surface area contributed by atoms with E-state index >= 15 is 0 Å². The topological polar surface area (TPSA) is 86.2 Å². The van der Waals surface area contributed by atoms with Crippen LogP contribution in [0, 0.1) is 0 Å². The number of benzene rings is 2. The van der Waals surface area contributed by atoms with Crippen molar-refractivity contribution in [3.05, 3.63) is 46.5 Å². The average molecular weight is 352 g/mol. The highest BCUT2D eigenvalue weighted by atomic mass is 16.1. The summed E-state index contributed by atoms with van der Waals surface area (Å²) in [6.07, 6.45) is 11.4. The van der Waals surface area contributed by atoms with Crippen molar-refractivity contribution in [3.8, 4) is 0 Å². The summed E-state index contributed by atoms with van der Waals surface area (Å²) in [7, 11) is 0. The molecule has 4 nitrogen and oxygen atoms in total. The Balaban J connectivity index is 2.19. The smallest absolute Gasteiger partial charge is 0.249 e. The van der Waals surface area contributed by atoms with E-state index in [9.17, 15) is 9.59 Å². The minimum absolute atomic E-state index is 0.380. The van der Waals surface area contributed by atoms with Gasteiger partial charge in [0.2, 0.25) is 11.8 Å². The summed E-state index contributed by atoms with van der Waals surface area (Å²) in [4.78, 5) is 24.3. The Morgan fingerprint density at radius 2 is 1.38 bits per heavy atom. The number of rotatable bonds is 2. The lowest BCUT2D eigenvalue weighted by Gasteiger charge is -2.18. The second-order valence-electron chi connectivity index (χ2n) is 7.35. The first-order valence-corrected chi connectivity index (χ1v) is 9.76. The molecule has 0 unspecified atom stereocenters. The Bertz CT molecular complexity index is 826. The lowest BCUT2D eigenvalue weighted by Crippen LogP contribution is -2.19. The normalized spacial score (nSPS) is 16.3. The molecule has 0 heterocycles. The molecule has 1 aliphatic carbocycles. The number of hydrogen-bond acceptors (Lipinski definition) is 2. The van der Waals surface area contributed by atoms with Crippen LogP contribution >= 0.6 is 0 Å².